The number of hydrogen-bond acceptors (Lipinski definition) is 3. The van der Waals surface area contributed by atoms with E-state index in [1.165, 1.54) is 4.31 Å². The molecule has 0 aromatic carbocycles. The van der Waals surface area contributed by atoms with Gasteiger partial charge in [-0.05, 0) is 25.7 Å². The lowest BCUT2D eigenvalue weighted by Gasteiger charge is -2.29. The number of nitrogens with zero attached hydrogens (tertiary/aromatic N) is 2. The van der Waals surface area contributed by atoms with Gasteiger partial charge in [-0.1, -0.05) is 12.8 Å². The number of hydrogen-bond donors (Lipinski definition) is 1. The molecule has 17 heavy (non-hydrogen) atoms. The summed E-state index contributed by atoms with van der Waals surface area (Å²) in [6.45, 7) is 1.77. The van der Waals surface area contributed by atoms with Crippen molar-refractivity contribution in [3.63, 3.8) is 0 Å². The second-order valence-electron chi connectivity index (χ2n) is 4.91. The number of aliphatic hydroxyl groups excluding tert-OH is 1. The SMILES string of the molecule is O=S(=O)(N1CCCCCC1)N1CCC[C@H]1CO. The summed E-state index contributed by atoms with van der Waals surface area (Å²) < 4.78 is 28.0. The van der Waals surface area contributed by atoms with Crippen LogP contribution < -0.4 is 0 Å². The van der Waals surface area contributed by atoms with Crippen molar-refractivity contribution in [1.82, 2.24) is 8.61 Å². The summed E-state index contributed by atoms with van der Waals surface area (Å²) in [7, 11) is -3.34. The summed E-state index contributed by atoms with van der Waals surface area (Å²) >= 11 is 0. The zero-order valence-electron chi connectivity index (χ0n) is 10.2. The van der Waals surface area contributed by atoms with Crippen LogP contribution in [0.2, 0.25) is 0 Å². The van der Waals surface area contributed by atoms with Crippen LogP contribution in [0.1, 0.15) is 38.5 Å². The van der Waals surface area contributed by atoms with Crippen molar-refractivity contribution in [2.45, 2.75) is 44.6 Å². The van der Waals surface area contributed by atoms with Gasteiger partial charge in [-0.15, -0.1) is 0 Å². The topological polar surface area (TPSA) is 60.9 Å². The third-order valence-electron chi connectivity index (χ3n) is 3.72. The van der Waals surface area contributed by atoms with Crippen LogP contribution in [0.5, 0.6) is 0 Å². The van der Waals surface area contributed by atoms with Crippen LogP contribution >= 0.6 is 0 Å². The first-order valence-corrected chi connectivity index (χ1v) is 7.94. The standard InChI is InChI=1S/C11H22N2O3S/c14-10-11-6-5-9-13(11)17(15,16)12-7-3-1-2-4-8-12/h11,14H,1-10H2/t11-/m0/s1. The molecule has 1 atom stereocenters. The van der Waals surface area contributed by atoms with Crippen molar-refractivity contribution in [2.75, 3.05) is 26.2 Å². The average Bonchev–Trinajstić information content (AvgIpc) is 2.63. The lowest BCUT2D eigenvalue weighted by Crippen LogP contribution is -2.47. The molecule has 6 heteroatoms. The highest BCUT2D eigenvalue weighted by atomic mass is 32.2. The van der Waals surface area contributed by atoms with E-state index in [0.717, 1.165) is 38.5 Å². The van der Waals surface area contributed by atoms with Gasteiger partial charge >= 0.3 is 0 Å². The van der Waals surface area contributed by atoms with E-state index in [-0.39, 0.29) is 12.6 Å². The van der Waals surface area contributed by atoms with E-state index < -0.39 is 10.2 Å². The van der Waals surface area contributed by atoms with Gasteiger partial charge in [0.05, 0.1) is 6.61 Å². The van der Waals surface area contributed by atoms with Crippen LogP contribution in [0.3, 0.4) is 0 Å². The first-order chi connectivity index (χ1) is 8.16. The Morgan fingerprint density at radius 2 is 1.65 bits per heavy atom. The Hall–Kier alpha value is -0.170. The fourth-order valence-electron chi connectivity index (χ4n) is 2.72. The Bertz CT molecular complexity index is 337. The Labute approximate surface area is 104 Å². The fourth-order valence-corrected chi connectivity index (χ4v) is 4.64. The summed E-state index contributed by atoms with van der Waals surface area (Å²) in [5.74, 6) is 0. The maximum atomic E-state index is 12.5. The minimum atomic E-state index is -3.34. The van der Waals surface area contributed by atoms with Gasteiger partial charge in [0, 0.05) is 25.7 Å². The summed E-state index contributed by atoms with van der Waals surface area (Å²) in [6.07, 6.45) is 5.79. The molecule has 0 aromatic heterocycles. The van der Waals surface area contributed by atoms with Crippen molar-refractivity contribution >= 4 is 10.2 Å². The van der Waals surface area contributed by atoms with Gasteiger partial charge in [0.1, 0.15) is 0 Å². The van der Waals surface area contributed by atoms with E-state index in [2.05, 4.69) is 0 Å². The maximum absolute atomic E-state index is 12.5. The zero-order valence-corrected chi connectivity index (χ0v) is 11.0. The molecule has 2 fully saturated rings. The first kappa shape index (κ1) is 13.3. The van der Waals surface area contributed by atoms with E-state index in [1.54, 1.807) is 4.31 Å². The van der Waals surface area contributed by atoms with Gasteiger partial charge in [-0.2, -0.15) is 17.0 Å². The highest BCUT2D eigenvalue weighted by molar-refractivity contribution is 7.86. The average molecular weight is 262 g/mol. The smallest absolute Gasteiger partial charge is 0.282 e. The van der Waals surface area contributed by atoms with Crippen LogP contribution in [0.4, 0.5) is 0 Å². The summed E-state index contributed by atoms with van der Waals surface area (Å²) in [4.78, 5) is 0. The van der Waals surface area contributed by atoms with E-state index in [1.807, 2.05) is 0 Å². The molecule has 0 saturated carbocycles. The van der Waals surface area contributed by atoms with Crippen molar-refractivity contribution in [2.24, 2.45) is 0 Å². The molecule has 2 heterocycles. The molecule has 0 bridgehead atoms. The van der Waals surface area contributed by atoms with Gasteiger partial charge in [0.2, 0.25) is 0 Å². The monoisotopic (exact) mass is 262 g/mol. The minimum Gasteiger partial charge on any atom is -0.395 e. The predicted octanol–water partition coefficient (Wildman–Crippen LogP) is 0.564. The van der Waals surface area contributed by atoms with Crippen molar-refractivity contribution in [1.29, 1.82) is 0 Å². The highest BCUT2D eigenvalue weighted by Crippen LogP contribution is 2.24. The molecule has 0 radical (unpaired) electrons. The molecule has 0 aliphatic carbocycles. The third kappa shape index (κ3) is 2.81. The quantitative estimate of drug-likeness (QED) is 0.808. The molecule has 0 spiro atoms. The van der Waals surface area contributed by atoms with Crippen LogP contribution in [-0.4, -0.2) is 54.4 Å². The first-order valence-electron chi connectivity index (χ1n) is 6.54. The molecule has 100 valence electrons. The molecule has 2 saturated heterocycles. The Kier molecular flexibility index (Phi) is 4.41. The lowest BCUT2D eigenvalue weighted by atomic mass is 10.2. The van der Waals surface area contributed by atoms with Gasteiger partial charge in [0.25, 0.3) is 10.2 Å². The Morgan fingerprint density at radius 1 is 1.00 bits per heavy atom. The van der Waals surface area contributed by atoms with Crippen molar-refractivity contribution < 1.29 is 13.5 Å². The molecule has 5 nitrogen and oxygen atoms in total. The fraction of sp³-hybridized carbons (Fsp3) is 1.00. The molecule has 1 N–H and O–H groups in total. The number of aliphatic hydroxyl groups is 1. The predicted molar refractivity (Wildman–Crippen MR) is 65.8 cm³/mol. The van der Waals surface area contributed by atoms with Crippen molar-refractivity contribution in [3.8, 4) is 0 Å². The van der Waals surface area contributed by atoms with E-state index >= 15 is 0 Å². The second-order valence-corrected chi connectivity index (χ2v) is 6.79. The summed E-state index contributed by atoms with van der Waals surface area (Å²) in [5, 5.41) is 9.23. The minimum absolute atomic E-state index is 0.0624. The summed E-state index contributed by atoms with van der Waals surface area (Å²) in [5.41, 5.74) is 0. The molecule has 2 aliphatic rings. The highest BCUT2D eigenvalue weighted by Gasteiger charge is 2.37. The van der Waals surface area contributed by atoms with Crippen LogP contribution in [0.25, 0.3) is 0 Å². The van der Waals surface area contributed by atoms with Gasteiger partial charge < -0.3 is 5.11 Å². The number of rotatable bonds is 3. The Balaban J connectivity index is 2.11. The molecule has 2 rings (SSSR count). The largest absolute Gasteiger partial charge is 0.395 e. The second kappa shape index (κ2) is 5.65. The van der Waals surface area contributed by atoms with Gasteiger partial charge in [-0.25, -0.2) is 0 Å². The van der Waals surface area contributed by atoms with Crippen LogP contribution in [0, 0.1) is 0 Å². The zero-order chi connectivity index (χ0) is 12.3. The lowest BCUT2D eigenvalue weighted by molar-refractivity contribution is 0.206. The maximum Gasteiger partial charge on any atom is 0.282 e. The molecular formula is C11H22N2O3S. The van der Waals surface area contributed by atoms with Gasteiger partial charge in [0.15, 0.2) is 0 Å². The van der Waals surface area contributed by atoms with E-state index in [9.17, 15) is 13.5 Å². The van der Waals surface area contributed by atoms with Crippen LogP contribution in [0.15, 0.2) is 0 Å². The normalized spacial score (nSPS) is 29.4. The molecule has 2 aliphatic heterocycles. The molecular weight excluding hydrogens is 240 g/mol. The van der Waals surface area contributed by atoms with E-state index in [0.29, 0.717) is 19.6 Å². The third-order valence-corrected chi connectivity index (χ3v) is 5.81. The Morgan fingerprint density at radius 3 is 2.24 bits per heavy atom. The van der Waals surface area contributed by atoms with E-state index in [4.69, 9.17) is 0 Å². The molecule has 0 aromatic rings. The molecule has 0 amide bonds. The van der Waals surface area contributed by atoms with Crippen LogP contribution in [-0.2, 0) is 10.2 Å². The molecule has 0 unspecified atom stereocenters. The van der Waals surface area contributed by atoms with Crippen molar-refractivity contribution in [3.05, 3.63) is 0 Å². The van der Waals surface area contributed by atoms with Gasteiger partial charge in [-0.3, -0.25) is 0 Å². The summed E-state index contributed by atoms with van der Waals surface area (Å²) in [6, 6.07) is -0.205.